The first kappa shape index (κ1) is 17.0. The van der Waals surface area contributed by atoms with Gasteiger partial charge >= 0.3 is 6.03 Å². The van der Waals surface area contributed by atoms with Gasteiger partial charge in [-0.05, 0) is 18.6 Å². The lowest BCUT2D eigenvalue weighted by Crippen LogP contribution is -2.54. The second-order valence-electron chi connectivity index (χ2n) is 5.65. The fourth-order valence-corrected chi connectivity index (χ4v) is 2.78. The Morgan fingerprint density at radius 3 is 2.57 bits per heavy atom. The predicted molar refractivity (Wildman–Crippen MR) is 83.9 cm³/mol. The van der Waals surface area contributed by atoms with E-state index in [4.69, 9.17) is 0 Å². The highest BCUT2D eigenvalue weighted by Gasteiger charge is 2.52. The van der Waals surface area contributed by atoms with Crippen LogP contribution in [0.4, 0.5) is 10.5 Å². The van der Waals surface area contributed by atoms with Gasteiger partial charge in [0.15, 0.2) is 0 Å². The molecule has 2 rings (SSSR count). The Kier molecular flexibility index (Phi) is 5.33. The number of benzene rings is 1. The molecule has 1 aliphatic rings. The molecule has 124 valence electrons. The van der Waals surface area contributed by atoms with Crippen molar-refractivity contribution in [1.29, 1.82) is 0 Å². The first-order valence-electron chi connectivity index (χ1n) is 7.66. The van der Waals surface area contributed by atoms with Crippen LogP contribution >= 0.6 is 0 Å². The molecule has 1 aromatic rings. The SMILES string of the molecule is CCCCC[C@@]1(CN(O)C=O)NC(=O)N(c2ccccc2)C1=O. The third-order valence-electron chi connectivity index (χ3n) is 3.94. The fourth-order valence-electron chi connectivity index (χ4n) is 2.78. The zero-order valence-corrected chi connectivity index (χ0v) is 13.1. The zero-order chi connectivity index (χ0) is 16.9. The van der Waals surface area contributed by atoms with Gasteiger partial charge in [-0.2, -0.15) is 0 Å². The normalized spacial score (nSPS) is 20.5. The monoisotopic (exact) mass is 319 g/mol. The smallest absolute Gasteiger partial charge is 0.321 e. The van der Waals surface area contributed by atoms with Crippen molar-refractivity contribution in [3.05, 3.63) is 30.3 Å². The molecule has 1 heterocycles. The van der Waals surface area contributed by atoms with E-state index in [-0.39, 0.29) is 13.0 Å². The lowest BCUT2D eigenvalue weighted by Gasteiger charge is -2.28. The van der Waals surface area contributed by atoms with Crippen LogP contribution in [0.3, 0.4) is 0 Å². The molecule has 0 aliphatic carbocycles. The van der Waals surface area contributed by atoms with Gasteiger partial charge in [0, 0.05) is 0 Å². The molecular weight excluding hydrogens is 298 g/mol. The van der Waals surface area contributed by atoms with Gasteiger partial charge in [0.2, 0.25) is 6.41 Å². The molecule has 0 bridgehead atoms. The molecule has 0 saturated carbocycles. The molecule has 0 aromatic heterocycles. The number of urea groups is 1. The summed E-state index contributed by atoms with van der Waals surface area (Å²) in [6.45, 7) is 1.76. The van der Waals surface area contributed by atoms with Crippen LogP contribution in [-0.4, -0.2) is 40.7 Å². The average molecular weight is 319 g/mol. The summed E-state index contributed by atoms with van der Waals surface area (Å²) in [7, 11) is 0. The van der Waals surface area contributed by atoms with Crippen LogP contribution in [0.15, 0.2) is 30.3 Å². The highest BCUT2D eigenvalue weighted by molar-refractivity contribution is 6.23. The lowest BCUT2D eigenvalue weighted by molar-refractivity contribution is -0.155. The maximum absolute atomic E-state index is 12.9. The van der Waals surface area contributed by atoms with Crippen molar-refractivity contribution in [2.24, 2.45) is 0 Å². The number of nitrogens with zero attached hydrogens (tertiary/aromatic N) is 2. The zero-order valence-electron chi connectivity index (χ0n) is 13.1. The number of rotatable bonds is 8. The first-order valence-corrected chi connectivity index (χ1v) is 7.66. The molecule has 1 aromatic carbocycles. The number of imide groups is 1. The summed E-state index contributed by atoms with van der Waals surface area (Å²) < 4.78 is 0. The molecule has 0 radical (unpaired) electrons. The molecule has 1 aliphatic heterocycles. The summed E-state index contributed by atoms with van der Waals surface area (Å²) in [5.41, 5.74) is -0.833. The van der Waals surface area contributed by atoms with Crippen molar-refractivity contribution >= 4 is 24.0 Å². The first-order chi connectivity index (χ1) is 11.0. The van der Waals surface area contributed by atoms with Gasteiger partial charge in [-0.3, -0.25) is 14.8 Å². The van der Waals surface area contributed by atoms with Crippen LogP contribution in [0.25, 0.3) is 0 Å². The van der Waals surface area contributed by atoms with Crippen LogP contribution < -0.4 is 10.2 Å². The Balaban J connectivity index is 2.29. The molecule has 7 heteroatoms. The van der Waals surface area contributed by atoms with Crippen LogP contribution in [0.5, 0.6) is 0 Å². The largest absolute Gasteiger partial charge is 0.329 e. The molecule has 1 atom stereocenters. The molecule has 2 N–H and O–H groups in total. The Labute approximate surface area is 134 Å². The summed E-state index contributed by atoms with van der Waals surface area (Å²) in [5, 5.41) is 12.6. The van der Waals surface area contributed by atoms with Gasteiger partial charge in [-0.1, -0.05) is 44.4 Å². The molecular formula is C16H21N3O4. The van der Waals surface area contributed by atoms with Crippen molar-refractivity contribution in [3.63, 3.8) is 0 Å². The molecule has 7 nitrogen and oxygen atoms in total. The molecule has 1 saturated heterocycles. The maximum Gasteiger partial charge on any atom is 0.329 e. The molecule has 1 fully saturated rings. The minimum Gasteiger partial charge on any atom is -0.321 e. The number of hydrogen-bond donors (Lipinski definition) is 2. The van der Waals surface area contributed by atoms with Crippen LogP contribution in [-0.2, 0) is 9.59 Å². The van der Waals surface area contributed by atoms with Crippen molar-refractivity contribution < 1.29 is 19.6 Å². The summed E-state index contributed by atoms with van der Waals surface area (Å²) >= 11 is 0. The van der Waals surface area contributed by atoms with Gasteiger partial charge < -0.3 is 5.32 Å². The second-order valence-corrected chi connectivity index (χ2v) is 5.65. The van der Waals surface area contributed by atoms with E-state index in [1.807, 2.05) is 6.92 Å². The highest BCUT2D eigenvalue weighted by Crippen LogP contribution is 2.29. The quantitative estimate of drug-likeness (QED) is 0.252. The third-order valence-corrected chi connectivity index (χ3v) is 3.94. The van der Waals surface area contributed by atoms with Crippen LogP contribution in [0.1, 0.15) is 32.6 Å². The summed E-state index contributed by atoms with van der Waals surface area (Å²) in [5.74, 6) is -0.453. The Bertz CT molecular complexity index is 578. The minimum atomic E-state index is -1.29. The van der Waals surface area contributed by atoms with Gasteiger partial charge in [-0.25, -0.2) is 14.8 Å². The van der Waals surface area contributed by atoms with Crippen molar-refractivity contribution in [1.82, 2.24) is 10.4 Å². The van der Waals surface area contributed by atoms with E-state index in [0.29, 0.717) is 23.6 Å². The number of anilines is 1. The lowest BCUT2D eigenvalue weighted by atomic mass is 9.91. The van der Waals surface area contributed by atoms with E-state index >= 15 is 0 Å². The van der Waals surface area contributed by atoms with Crippen LogP contribution in [0.2, 0.25) is 0 Å². The minimum absolute atomic E-state index is 0.228. The number of nitrogens with one attached hydrogen (secondary N) is 1. The van der Waals surface area contributed by atoms with E-state index in [9.17, 15) is 19.6 Å². The van der Waals surface area contributed by atoms with E-state index in [0.717, 1.165) is 17.7 Å². The van der Waals surface area contributed by atoms with Gasteiger partial charge in [0.1, 0.15) is 5.54 Å². The molecule has 0 unspecified atom stereocenters. The number of hydroxylamine groups is 2. The summed E-state index contributed by atoms with van der Waals surface area (Å²) in [6, 6.07) is 8.04. The molecule has 4 amide bonds. The standard InChI is InChI=1S/C16H21N3O4/c1-2-3-7-10-16(11-18(23)12-20)14(21)19(15(22)17-16)13-8-5-4-6-9-13/h4-6,8-9,12,23H,2-3,7,10-11H2,1H3,(H,17,22)/t16-/m0/s1. The second kappa shape index (κ2) is 7.23. The van der Waals surface area contributed by atoms with E-state index in [2.05, 4.69) is 5.32 Å². The fraction of sp³-hybridized carbons (Fsp3) is 0.438. The Morgan fingerprint density at radius 2 is 1.96 bits per heavy atom. The van der Waals surface area contributed by atoms with Crippen molar-refractivity contribution in [3.8, 4) is 0 Å². The van der Waals surface area contributed by atoms with E-state index in [1.54, 1.807) is 30.3 Å². The molecule has 23 heavy (non-hydrogen) atoms. The molecule has 0 spiro atoms. The number of carbonyl (C=O) groups is 3. The Morgan fingerprint density at radius 1 is 1.26 bits per heavy atom. The number of hydrogen-bond acceptors (Lipinski definition) is 4. The number of unbranched alkanes of at least 4 members (excludes halogenated alkanes) is 2. The average Bonchev–Trinajstić information content (AvgIpc) is 2.79. The van der Waals surface area contributed by atoms with E-state index < -0.39 is 17.5 Å². The maximum atomic E-state index is 12.9. The van der Waals surface area contributed by atoms with Gasteiger partial charge in [0.05, 0.1) is 12.2 Å². The number of carbonyl (C=O) groups excluding carboxylic acids is 3. The van der Waals surface area contributed by atoms with Gasteiger partial charge in [-0.15, -0.1) is 0 Å². The number of para-hydroxylation sites is 1. The third kappa shape index (κ3) is 3.50. The predicted octanol–water partition coefficient (Wildman–Crippen LogP) is 1.91. The highest BCUT2D eigenvalue weighted by atomic mass is 16.5. The van der Waals surface area contributed by atoms with E-state index in [1.165, 1.54) is 0 Å². The van der Waals surface area contributed by atoms with Crippen molar-refractivity contribution in [2.45, 2.75) is 38.1 Å². The van der Waals surface area contributed by atoms with Gasteiger partial charge in [0.25, 0.3) is 5.91 Å². The summed E-state index contributed by atoms with van der Waals surface area (Å²) in [4.78, 5) is 37.0. The summed E-state index contributed by atoms with van der Waals surface area (Å²) in [6.07, 6.45) is 3.14. The Hall–Kier alpha value is -2.41. The van der Waals surface area contributed by atoms with Crippen molar-refractivity contribution in [2.75, 3.05) is 11.4 Å². The topological polar surface area (TPSA) is 89.9 Å². The number of amides is 4. The van der Waals surface area contributed by atoms with Crippen LogP contribution in [0, 0.1) is 0 Å².